The lowest BCUT2D eigenvalue weighted by Crippen LogP contribution is -2.47. The Labute approximate surface area is 83.7 Å². The lowest BCUT2D eigenvalue weighted by molar-refractivity contribution is 0.273. The Morgan fingerprint density at radius 1 is 1.54 bits per heavy atom. The van der Waals surface area contributed by atoms with E-state index in [1.807, 2.05) is 19.1 Å². The first-order chi connectivity index (χ1) is 6.08. The lowest BCUT2D eigenvalue weighted by Gasteiger charge is -2.36. The van der Waals surface area contributed by atoms with Crippen molar-refractivity contribution in [3.8, 4) is 0 Å². The summed E-state index contributed by atoms with van der Waals surface area (Å²) in [5.74, 6) is 0. The van der Waals surface area contributed by atoms with Gasteiger partial charge < -0.3 is 0 Å². The summed E-state index contributed by atoms with van der Waals surface area (Å²) in [6, 6.07) is 0. The normalized spacial score (nSPS) is 27.2. The monoisotopic (exact) mass is 219 g/mol. The predicted molar refractivity (Wildman–Crippen MR) is 54.9 cm³/mol. The number of rotatable bonds is 3. The van der Waals surface area contributed by atoms with E-state index in [-0.39, 0.29) is 0 Å². The molecule has 0 saturated carbocycles. The lowest BCUT2D eigenvalue weighted by atomic mass is 10.2. The Kier molecular flexibility index (Phi) is 3.40. The van der Waals surface area contributed by atoms with Crippen LogP contribution in [0.5, 0.6) is 0 Å². The molecule has 0 fully saturated rings. The molecule has 1 radical (unpaired) electrons. The molecule has 0 saturated heterocycles. The number of hydrogen-bond donors (Lipinski definition) is 2. The Balaban J connectivity index is 2.82. The SMILES string of the molecule is [CH2]SC1(C)C=CC=CN1N[SH](=O)=O. The fraction of sp³-hybridized carbons (Fsp3) is 0.286. The average molecular weight is 219 g/mol. The van der Waals surface area contributed by atoms with Crippen LogP contribution in [-0.2, 0) is 10.9 Å². The van der Waals surface area contributed by atoms with Crippen LogP contribution in [0.1, 0.15) is 6.92 Å². The Bertz CT molecular complexity index is 304. The van der Waals surface area contributed by atoms with E-state index in [1.165, 1.54) is 16.8 Å². The Hall–Kier alpha value is -0.460. The van der Waals surface area contributed by atoms with Crippen molar-refractivity contribution in [3.05, 3.63) is 30.7 Å². The number of thiol groups is 1. The maximum absolute atomic E-state index is 10.5. The fourth-order valence-corrected chi connectivity index (χ4v) is 1.87. The van der Waals surface area contributed by atoms with E-state index in [9.17, 15) is 8.42 Å². The summed E-state index contributed by atoms with van der Waals surface area (Å²) in [5.41, 5.74) is 0. The quantitative estimate of drug-likeness (QED) is 0.684. The average Bonchev–Trinajstić information content (AvgIpc) is 2.09. The molecule has 0 aliphatic carbocycles. The van der Waals surface area contributed by atoms with Gasteiger partial charge in [0.25, 0.3) is 0 Å². The number of hydrazine groups is 1. The van der Waals surface area contributed by atoms with Crippen LogP contribution in [0.4, 0.5) is 0 Å². The Morgan fingerprint density at radius 3 is 2.77 bits per heavy atom. The minimum Gasteiger partial charge on any atom is -0.283 e. The zero-order chi connectivity index (χ0) is 9.90. The van der Waals surface area contributed by atoms with Gasteiger partial charge in [0, 0.05) is 12.5 Å². The van der Waals surface area contributed by atoms with Crippen molar-refractivity contribution in [2.24, 2.45) is 0 Å². The van der Waals surface area contributed by atoms with E-state index in [1.54, 1.807) is 12.3 Å². The summed E-state index contributed by atoms with van der Waals surface area (Å²) in [7, 11) is -2.64. The highest BCUT2D eigenvalue weighted by Crippen LogP contribution is 2.30. The van der Waals surface area contributed by atoms with E-state index >= 15 is 0 Å². The van der Waals surface area contributed by atoms with E-state index < -0.39 is 15.8 Å². The zero-order valence-corrected chi connectivity index (χ0v) is 8.85. The van der Waals surface area contributed by atoms with Crippen molar-refractivity contribution in [2.45, 2.75) is 11.8 Å². The number of hydrogen-bond acceptors (Lipinski definition) is 4. The molecule has 0 aromatic carbocycles. The molecule has 4 nitrogen and oxygen atoms in total. The van der Waals surface area contributed by atoms with Crippen molar-refractivity contribution in [1.29, 1.82) is 0 Å². The molecule has 73 valence electrons. The van der Waals surface area contributed by atoms with Crippen LogP contribution in [0.15, 0.2) is 24.4 Å². The molecule has 0 spiro atoms. The molecule has 1 rings (SSSR count). The molecule has 0 aromatic rings. The molecule has 1 unspecified atom stereocenters. The molecule has 1 aliphatic rings. The summed E-state index contributed by atoms with van der Waals surface area (Å²) in [5, 5.41) is 1.50. The molecule has 1 heterocycles. The van der Waals surface area contributed by atoms with Crippen molar-refractivity contribution >= 4 is 22.7 Å². The van der Waals surface area contributed by atoms with Crippen LogP contribution in [0, 0.1) is 6.26 Å². The summed E-state index contributed by atoms with van der Waals surface area (Å²) in [6.45, 7) is 1.87. The highest BCUT2D eigenvalue weighted by atomic mass is 32.2. The maximum Gasteiger partial charge on any atom is 0.218 e. The molecule has 6 heteroatoms. The number of nitrogens with one attached hydrogen (secondary N) is 1. The van der Waals surface area contributed by atoms with Gasteiger partial charge in [-0.15, -0.1) is 16.6 Å². The van der Waals surface area contributed by atoms with Gasteiger partial charge in [-0.3, -0.25) is 5.01 Å². The van der Waals surface area contributed by atoms with Crippen LogP contribution in [0.2, 0.25) is 0 Å². The van der Waals surface area contributed by atoms with E-state index in [0.29, 0.717) is 0 Å². The van der Waals surface area contributed by atoms with Gasteiger partial charge in [-0.1, -0.05) is 6.08 Å². The number of nitrogens with zero attached hydrogens (tertiary/aromatic N) is 1. The molecule has 0 aromatic heterocycles. The summed E-state index contributed by atoms with van der Waals surface area (Å²) in [4.78, 5) is 1.86. The van der Waals surface area contributed by atoms with Crippen LogP contribution in [0.3, 0.4) is 0 Å². The molecule has 0 amide bonds. The van der Waals surface area contributed by atoms with Crippen molar-refractivity contribution in [2.75, 3.05) is 0 Å². The van der Waals surface area contributed by atoms with Gasteiger partial charge in [0.05, 0.1) is 0 Å². The van der Waals surface area contributed by atoms with Crippen molar-refractivity contribution < 1.29 is 8.42 Å². The minimum absolute atomic E-state index is 0.454. The van der Waals surface area contributed by atoms with Crippen molar-refractivity contribution in [1.82, 2.24) is 9.84 Å². The van der Waals surface area contributed by atoms with E-state index in [4.69, 9.17) is 0 Å². The standard InChI is InChI=1S/C7H11N2O2S2/c1-7(12-2)5-3-4-6-9(7)8-13(10)11/h3-6,13H,2H2,1H3,(H,8,10,11). The predicted octanol–water partition coefficient (Wildman–Crippen LogP) is 0.644. The third-order valence-corrected chi connectivity index (χ3v) is 3.01. The second-order valence-corrected chi connectivity index (χ2v) is 4.46. The third kappa shape index (κ3) is 2.49. The van der Waals surface area contributed by atoms with E-state index in [0.717, 1.165) is 0 Å². The first kappa shape index (κ1) is 10.6. The Morgan fingerprint density at radius 2 is 2.23 bits per heavy atom. The second-order valence-electron chi connectivity index (χ2n) is 2.63. The summed E-state index contributed by atoms with van der Waals surface area (Å²) >= 11 is 1.31. The maximum atomic E-state index is 10.5. The van der Waals surface area contributed by atoms with Gasteiger partial charge in [0.1, 0.15) is 4.87 Å². The fourth-order valence-electron chi connectivity index (χ4n) is 0.936. The number of allylic oxidation sites excluding steroid dienone is 2. The van der Waals surface area contributed by atoms with Crippen LogP contribution in [-0.4, -0.2) is 18.3 Å². The third-order valence-electron chi connectivity index (χ3n) is 1.71. The number of thioether (sulfide) groups is 1. The molecule has 13 heavy (non-hydrogen) atoms. The highest BCUT2D eigenvalue weighted by molar-refractivity contribution is 8.01. The van der Waals surface area contributed by atoms with Gasteiger partial charge in [-0.2, -0.15) is 0 Å². The highest BCUT2D eigenvalue weighted by Gasteiger charge is 2.27. The van der Waals surface area contributed by atoms with Crippen molar-refractivity contribution in [3.63, 3.8) is 0 Å². The van der Waals surface area contributed by atoms with Crippen LogP contribution < -0.4 is 4.83 Å². The summed E-state index contributed by atoms with van der Waals surface area (Å²) in [6.07, 6.45) is 10.8. The van der Waals surface area contributed by atoms with Crippen LogP contribution >= 0.6 is 11.8 Å². The molecule has 1 N–H and O–H groups in total. The largest absolute Gasteiger partial charge is 0.283 e. The topological polar surface area (TPSA) is 49.4 Å². The van der Waals surface area contributed by atoms with Gasteiger partial charge in [-0.05, 0) is 19.1 Å². The summed E-state index contributed by atoms with van der Waals surface area (Å²) < 4.78 is 20.9. The van der Waals surface area contributed by atoms with Gasteiger partial charge in [0.15, 0.2) is 0 Å². The first-order valence-corrected chi connectivity index (χ1v) is 5.74. The molecule has 0 bridgehead atoms. The smallest absolute Gasteiger partial charge is 0.218 e. The van der Waals surface area contributed by atoms with Gasteiger partial charge in [0.2, 0.25) is 10.9 Å². The second kappa shape index (κ2) is 4.17. The van der Waals surface area contributed by atoms with Gasteiger partial charge >= 0.3 is 0 Å². The van der Waals surface area contributed by atoms with E-state index in [2.05, 4.69) is 11.1 Å². The molecular formula is C7H11N2O2S2. The molecule has 1 atom stereocenters. The zero-order valence-electron chi connectivity index (χ0n) is 7.14. The minimum atomic E-state index is -2.64. The van der Waals surface area contributed by atoms with Crippen LogP contribution in [0.25, 0.3) is 0 Å². The molecular weight excluding hydrogens is 208 g/mol. The first-order valence-electron chi connectivity index (χ1n) is 3.58. The molecule has 1 aliphatic heterocycles. The van der Waals surface area contributed by atoms with Gasteiger partial charge in [-0.25, -0.2) is 8.42 Å².